The molecule has 0 aliphatic carbocycles. The van der Waals surface area contributed by atoms with E-state index in [1.165, 1.54) is 23.4 Å². The average Bonchev–Trinajstić information content (AvgIpc) is 2.85. The van der Waals surface area contributed by atoms with Crippen LogP contribution in [0.15, 0.2) is 5.16 Å². The maximum Gasteiger partial charge on any atom is 0.217 e. The molecular formula is C12H20N4O5S. The Balaban J connectivity index is 2.40. The van der Waals surface area contributed by atoms with Crippen LogP contribution >= 0.6 is 11.8 Å². The smallest absolute Gasteiger partial charge is 0.217 e. The van der Waals surface area contributed by atoms with Crippen molar-refractivity contribution in [1.82, 2.24) is 20.1 Å². The summed E-state index contributed by atoms with van der Waals surface area (Å²) in [5.41, 5.74) is 0. The quantitative estimate of drug-likeness (QED) is 0.486. The number of thioether (sulfide) groups is 1. The lowest BCUT2D eigenvalue weighted by Crippen LogP contribution is -2.62. The van der Waals surface area contributed by atoms with Crippen molar-refractivity contribution in [1.29, 1.82) is 0 Å². The van der Waals surface area contributed by atoms with Gasteiger partial charge in [0, 0.05) is 6.92 Å². The maximum atomic E-state index is 11.4. The monoisotopic (exact) mass is 332 g/mol. The molecule has 2 rings (SSSR count). The Hall–Kier alpha value is -1.20. The second kappa shape index (κ2) is 6.92. The van der Waals surface area contributed by atoms with Crippen molar-refractivity contribution in [3.05, 3.63) is 5.82 Å². The predicted octanol–water partition coefficient (Wildman–Crippen LogP) is -1.58. The number of nitrogens with zero attached hydrogens (tertiary/aromatic N) is 3. The molecule has 1 aliphatic rings. The van der Waals surface area contributed by atoms with Gasteiger partial charge in [0.25, 0.3) is 0 Å². The van der Waals surface area contributed by atoms with Crippen LogP contribution in [0.2, 0.25) is 0 Å². The Kier molecular flexibility index (Phi) is 5.40. The highest BCUT2D eigenvalue weighted by Gasteiger charge is 2.46. The van der Waals surface area contributed by atoms with E-state index in [1.807, 2.05) is 6.26 Å². The fourth-order valence-corrected chi connectivity index (χ4v) is 2.97. The second-order valence-electron chi connectivity index (χ2n) is 5.05. The molecule has 22 heavy (non-hydrogen) atoms. The van der Waals surface area contributed by atoms with Gasteiger partial charge in [-0.05, 0) is 13.2 Å². The topological polar surface area (TPSA) is 130 Å². The van der Waals surface area contributed by atoms with Crippen molar-refractivity contribution in [3.8, 4) is 0 Å². The summed E-state index contributed by atoms with van der Waals surface area (Å²) in [7, 11) is 0. The number of carbonyl (C=O) groups excluding carboxylic acids is 1. The molecule has 1 fully saturated rings. The third kappa shape index (κ3) is 3.25. The molecule has 1 aromatic rings. The molecular weight excluding hydrogens is 312 g/mol. The first-order chi connectivity index (χ1) is 10.4. The summed E-state index contributed by atoms with van der Waals surface area (Å²) in [6.07, 6.45) is -2.68. The third-order valence-corrected chi connectivity index (χ3v) is 4.04. The number of amides is 1. The Morgan fingerprint density at radius 1 is 1.45 bits per heavy atom. The molecule has 1 saturated heterocycles. The van der Waals surface area contributed by atoms with Crippen molar-refractivity contribution in [2.75, 3.05) is 12.9 Å². The number of ether oxygens (including phenoxy) is 1. The fraction of sp³-hybridized carbons (Fsp3) is 0.750. The van der Waals surface area contributed by atoms with Gasteiger partial charge in [0.1, 0.15) is 30.2 Å². The number of aryl methyl sites for hydroxylation is 1. The summed E-state index contributed by atoms with van der Waals surface area (Å²) in [6.45, 7) is 2.54. The summed E-state index contributed by atoms with van der Waals surface area (Å²) in [6, 6.07) is -0.915. The lowest BCUT2D eigenvalue weighted by Gasteiger charge is -2.42. The second-order valence-corrected chi connectivity index (χ2v) is 5.82. The summed E-state index contributed by atoms with van der Waals surface area (Å²) in [5.74, 6) is 0.130. The third-order valence-electron chi connectivity index (χ3n) is 3.40. The standard InChI is InChI=1S/C12H20N4O5S/c1-5-13-12(22-3)16(15-5)11-8(14-6(2)18)10(20)9(19)7(4-17)21-11/h7-11,17,19-20H,4H2,1-3H3,(H,14,18). The van der Waals surface area contributed by atoms with Crippen molar-refractivity contribution >= 4 is 17.7 Å². The average molecular weight is 332 g/mol. The van der Waals surface area contributed by atoms with Gasteiger partial charge in [-0.2, -0.15) is 5.10 Å². The molecule has 0 radical (unpaired) electrons. The van der Waals surface area contributed by atoms with E-state index in [4.69, 9.17) is 4.74 Å². The Morgan fingerprint density at radius 2 is 2.14 bits per heavy atom. The molecule has 1 aromatic heterocycles. The zero-order chi connectivity index (χ0) is 16.4. The minimum atomic E-state index is -1.32. The number of carbonyl (C=O) groups is 1. The molecule has 0 saturated carbocycles. The van der Waals surface area contributed by atoms with E-state index in [1.54, 1.807) is 6.92 Å². The van der Waals surface area contributed by atoms with E-state index in [-0.39, 0.29) is 5.91 Å². The summed E-state index contributed by atoms with van der Waals surface area (Å²) >= 11 is 1.33. The molecule has 0 aromatic carbocycles. The van der Waals surface area contributed by atoms with E-state index in [9.17, 15) is 20.1 Å². The van der Waals surface area contributed by atoms with Crippen LogP contribution in [0.1, 0.15) is 19.0 Å². The number of hydrogen-bond donors (Lipinski definition) is 4. The molecule has 2 heterocycles. The minimum absolute atomic E-state index is 0.380. The van der Waals surface area contributed by atoms with Gasteiger partial charge in [-0.1, -0.05) is 11.8 Å². The predicted molar refractivity (Wildman–Crippen MR) is 77.2 cm³/mol. The summed E-state index contributed by atoms with van der Waals surface area (Å²) < 4.78 is 7.09. The highest BCUT2D eigenvalue weighted by Crippen LogP contribution is 2.30. The van der Waals surface area contributed by atoms with Crippen molar-refractivity contribution < 1.29 is 24.9 Å². The molecule has 5 unspecified atom stereocenters. The van der Waals surface area contributed by atoms with Gasteiger partial charge in [0.2, 0.25) is 5.91 Å². The van der Waals surface area contributed by atoms with Crippen LogP contribution in [0, 0.1) is 6.92 Å². The summed E-state index contributed by atoms with van der Waals surface area (Å²) in [5, 5.41) is 36.9. The molecule has 0 spiro atoms. The largest absolute Gasteiger partial charge is 0.394 e. The highest BCUT2D eigenvalue weighted by molar-refractivity contribution is 7.98. The van der Waals surface area contributed by atoms with Crippen LogP contribution in [0.4, 0.5) is 0 Å². The van der Waals surface area contributed by atoms with Crippen LogP contribution in [-0.4, -0.2) is 73.2 Å². The number of nitrogens with one attached hydrogen (secondary N) is 1. The van der Waals surface area contributed by atoms with Gasteiger partial charge in [0.15, 0.2) is 11.4 Å². The number of aromatic nitrogens is 3. The van der Waals surface area contributed by atoms with Crippen LogP contribution in [0.25, 0.3) is 0 Å². The van der Waals surface area contributed by atoms with Crippen LogP contribution in [-0.2, 0) is 9.53 Å². The van der Waals surface area contributed by atoms with Crippen molar-refractivity contribution in [2.45, 2.75) is 49.6 Å². The number of rotatable bonds is 4. The van der Waals surface area contributed by atoms with Crippen LogP contribution in [0.5, 0.6) is 0 Å². The van der Waals surface area contributed by atoms with E-state index >= 15 is 0 Å². The van der Waals surface area contributed by atoms with E-state index < -0.39 is 37.2 Å². The van der Waals surface area contributed by atoms with Crippen LogP contribution < -0.4 is 5.32 Å². The van der Waals surface area contributed by atoms with Crippen molar-refractivity contribution in [3.63, 3.8) is 0 Å². The molecule has 5 atom stereocenters. The Morgan fingerprint density at radius 3 is 2.68 bits per heavy atom. The molecule has 9 nitrogen and oxygen atoms in total. The molecule has 0 bridgehead atoms. The number of hydrogen-bond acceptors (Lipinski definition) is 8. The van der Waals surface area contributed by atoms with Crippen molar-refractivity contribution in [2.24, 2.45) is 0 Å². The number of aliphatic hydroxyl groups excluding tert-OH is 3. The van der Waals surface area contributed by atoms with Gasteiger partial charge < -0.3 is 25.4 Å². The van der Waals surface area contributed by atoms with Gasteiger partial charge in [-0.15, -0.1) is 0 Å². The van der Waals surface area contributed by atoms with E-state index in [0.29, 0.717) is 11.0 Å². The van der Waals surface area contributed by atoms with E-state index in [2.05, 4.69) is 15.4 Å². The van der Waals surface area contributed by atoms with Gasteiger partial charge in [0.05, 0.1) is 6.61 Å². The Bertz CT molecular complexity index is 540. The summed E-state index contributed by atoms with van der Waals surface area (Å²) in [4.78, 5) is 15.6. The normalized spacial score (nSPS) is 32.0. The lowest BCUT2D eigenvalue weighted by molar-refractivity contribution is -0.221. The zero-order valence-electron chi connectivity index (χ0n) is 12.5. The van der Waals surface area contributed by atoms with Crippen LogP contribution in [0.3, 0.4) is 0 Å². The van der Waals surface area contributed by atoms with Gasteiger partial charge in [-0.25, -0.2) is 9.67 Å². The van der Waals surface area contributed by atoms with Gasteiger partial charge >= 0.3 is 0 Å². The first kappa shape index (κ1) is 17.2. The Labute approximate surface area is 131 Å². The minimum Gasteiger partial charge on any atom is -0.394 e. The molecule has 4 N–H and O–H groups in total. The van der Waals surface area contributed by atoms with E-state index in [0.717, 1.165) is 0 Å². The molecule has 1 amide bonds. The lowest BCUT2D eigenvalue weighted by atomic mass is 9.96. The first-order valence-electron chi connectivity index (χ1n) is 6.75. The SMILES string of the molecule is CSc1nc(C)nn1C1OC(CO)C(O)C(O)C1NC(C)=O. The zero-order valence-corrected chi connectivity index (χ0v) is 13.3. The first-order valence-corrected chi connectivity index (χ1v) is 7.98. The molecule has 124 valence electrons. The van der Waals surface area contributed by atoms with Gasteiger partial charge in [-0.3, -0.25) is 4.79 Å². The molecule has 10 heteroatoms. The maximum absolute atomic E-state index is 11.4. The number of aliphatic hydroxyl groups is 3. The molecule has 1 aliphatic heterocycles. The highest BCUT2D eigenvalue weighted by atomic mass is 32.2. The fourth-order valence-electron chi connectivity index (χ4n) is 2.41.